The quantitative estimate of drug-likeness (QED) is 0.0919. The highest BCUT2D eigenvalue weighted by molar-refractivity contribution is 5.75. The van der Waals surface area contributed by atoms with Crippen LogP contribution in [0.25, 0.3) is 0 Å². The Morgan fingerprint density at radius 2 is 0.935 bits per heavy atom. The lowest BCUT2D eigenvalue weighted by Gasteiger charge is -2.29. The molecule has 0 bridgehead atoms. The minimum absolute atomic E-state index is 0.194. The number of ether oxygens (including phenoxy) is 4. The highest BCUT2D eigenvalue weighted by Crippen LogP contribution is 2.30. The molecule has 0 saturated heterocycles. The second-order valence-corrected chi connectivity index (χ2v) is 13.6. The lowest BCUT2D eigenvalue weighted by atomic mass is 9.88. The molecule has 0 N–H and O–H groups in total. The number of esters is 2. The molecule has 0 amide bonds. The third-order valence-corrected chi connectivity index (χ3v) is 9.58. The van der Waals surface area contributed by atoms with Gasteiger partial charge in [-0.15, -0.1) is 0 Å². The first-order chi connectivity index (χ1) is 22.4. The SMILES string of the molecule is CCCCCCCC(F)C(=O)OC1CCC(COc2ccc(OCC3CCC(OC(=O)C(F)CCCCCCC)CC3)cc2)CC1. The van der Waals surface area contributed by atoms with E-state index in [1.165, 1.54) is 0 Å². The van der Waals surface area contributed by atoms with E-state index >= 15 is 0 Å². The van der Waals surface area contributed by atoms with Gasteiger partial charge in [-0.2, -0.15) is 0 Å². The molecule has 46 heavy (non-hydrogen) atoms. The van der Waals surface area contributed by atoms with Crippen molar-refractivity contribution in [3.8, 4) is 11.5 Å². The molecule has 2 aliphatic rings. The maximum absolute atomic E-state index is 14.2. The van der Waals surface area contributed by atoms with Gasteiger partial charge >= 0.3 is 11.9 Å². The number of halogens is 2. The summed E-state index contributed by atoms with van der Waals surface area (Å²) in [4.78, 5) is 24.3. The first-order valence-corrected chi connectivity index (χ1v) is 18.4. The van der Waals surface area contributed by atoms with Crippen LogP contribution in [-0.4, -0.2) is 49.7 Å². The summed E-state index contributed by atoms with van der Waals surface area (Å²) in [6.45, 7) is 5.48. The Morgan fingerprint density at radius 3 is 1.28 bits per heavy atom. The Labute approximate surface area is 276 Å². The van der Waals surface area contributed by atoms with E-state index in [0.717, 1.165) is 127 Å². The molecule has 0 spiro atoms. The monoisotopic (exact) mass is 650 g/mol. The molecule has 2 unspecified atom stereocenters. The van der Waals surface area contributed by atoms with Crippen molar-refractivity contribution in [2.24, 2.45) is 11.8 Å². The average Bonchev–Trinajstić information content (AvgIpc) is 3.07. The van der Waals surface area contributed by atoms with Crippen LogP contribution in [0, 0.1) is 11.8 Å². The number of hydrogen-bond acceptors (Lipinski definition) is 6. The molecule has 2 atom stereocenters. The number of carbonyl (C=O) groups excluding carboxylic acids is 2. The van der Waals surface area contributed by atoms with Crippen LogP contribution in [0.1, 0.15) is 142 Å². The molecule has 0 radical (unpaired) electrons. The van der Waals surface area contributed by atoms with Crippen molar-refractivity contribution >= 4 is 11.9 Å². The number of hydrogen-bond donors (Lipinski definition) is 0. The minimum atomic E-state index is -1.51. The van der Waals surface area contributed by atoms with E-state index in [1.807, 2.05) is 24.3 Å². The van der Waals surface area contributed by atoms with Gasteiger partial charge in [0.05, 0.1) is 13.2 Å². The van der Waals surface area contributed by atoms with Crippen molar-refractivity contribution < 1.29 is 37.3 Å². The zero-order chi connectivity index (χ0) is 33.0. The summed E-state index contributed by atoms with van der Waals surface area (Å²) in [6.07, 6.45) is 13.9. The number of alkyl halides is 2. The first kappa shape index (κ1) is 38.1. The maximum atomic E-state index is 14.2. The summed E-state index contributed by atoms with van der Waals surface area (Å²) < 4.78 is 51.4. The summed E-state index contributed by atoms with van der Waals surface area (Å²) in [5.41, 5.74) is 0. The fourth-order valence-electron chi connectivity index (χ4n) is 6.46. The van der Waals surface area contributed by atoms with Crippen LogP contribution in [-0.2, 0) is 19.1 Å². The molecule has 0 heterocycles. The van der Waals surface area contributed by atoms with Gasteiger partial charge in [0.2, 0.25) is 0 Å². The number of unbranched alkanes of at least 4 members (excludes halogenated alkanes) is 8. The fraction of sp³-hybridized carbons (Fsp3) is 0.789. The summed E-state index contributed by atoms with van der Waals surface area (Å²) in [7, 11) is 0. The van der Waals surface area contributed by atoms with Crippen molar-refractivity contribution in [1.82, 2.24) is 0 Å². The lowest BCUT2D eigenvalue weighted by molar-refractivity contribution is -0.158. The first-order valence-electron chi connectivity index (χ1n) is 18.4. The van der Waals surface area contributed by atoms with Gasteiger partial charge in [-0.25, -0.2) is 18.4 Å². The molecular weight excluding hydrogens is 590 g/mol. The number of benzene rings is 1. The molecule has 3 rings (SSSR count). The van der Waals surface area contributed by atoms with Gasteiger partial charge in [0.25, 0.3) is 0 Å². The largest absolute Gasteiger partial charge is 0.493 e. The van der Waals surface area contributed by atoms with Crippen LogP contribution < -0.4 is 9.47 Å². The average molecular weight is 651 g/mol. The zero-order valence-corrected chi connectivity index (χ0v) is 28.5. The Morgan fingerprint density at radius 1 is 0.587 bits per heavy atom. The molecule has 2 saturated carbocycles. The Balaban J connectivity index is 1.23. The summed E-state index contributed by atoms with van der Waals surface area (Å²) in [5.74, 6) is 0.948. The minimum Gasteiger partial charge on any atom is -0.493 e. The van der Waals surface area contributed by atoms with E-state index in [0.29, 0.717) is 25.0 Å². The van der Waals surface area contributed by atoms with E-state index in [4.69, 9.17) is 18.9 Å². The molecule has 8 heteroatoms. The van der Waals surface area contributed by atoms with Crippen LogP contribution >= 0.6 is 0 Å². The predicted molar refractivity (Wildman–Crippen MR) is 178 cm³/mol. The summed E-state index contributed by atoms with van der Waals surface area (Å²) in [6, 6.07) is 7.67. The van der Waals surface area contributed by atoms with Crippen LogP contribution in [0.5, 0.6) is 11.5 Å². The second kappa shape index (κ2) is 22.2. The van der Waals surface area contributed by atoms with Crippen molar-refractivity contribution in [3.63, 3.8) is 0 Å². The molecule has 1 aromatic carbocycles. The predicted octanol–water partition coefficient (Wildman–Crippen LogP) is 10.0. The van der Waals surface area contributed by atoms with Gasteiger partial charge in [0, 0.05) is 0 Å². The molecular formula is C38H60F2O6. The van der Waals surface area contributed by atoms with Gasteiger partial charge in [-0.1, -0.05) is 65.2 Å². The molecule has 0 aromatic heterocycles. The van der Waals surface area contributed by atoms with Crippen LogP contribution in [0.15, 0.2) is 24.3 Å². The lowest BCUT2D eigenvalue weighted by Crippen LogP contribution is -2.30. The van der Waals surface area contributed by atoms with Gasteiger partial charge < -0.3 is 18.9 Å². The van der Waals surface area contributed by atoms with Crippen molar-refractivity contribution in [3.05, 3.63) is 24.3 Å². The van der Waals surface area contributed by atoms with Crippen LogP contribution in [0.2, 0.25) is 0 Å². The van der Waals surface area contributed by atoms with Gasteiger partial charge in [-0.05, 0) is 113 Å². The normalized spacial score (nSPS) is 22.9. The van der Waals surface area contributed by atoms with Crippen molar-refractivity contribution in [2.45, 2.75) is 167 Å². The van der Waals surface area contributed by atoms with Gasteiger partial charge in [-0.3, -0.25) is 0 Å². The summed E-state index contributed by atoms with van der Waals surface area (Å²) >= 11 is 0. The highest BCUT2D eigenvalue weighted by Gasteiger charge is 2.29. The molecule has 2 aliphatic carbocycles. The molecule has 0 aliphatic heterocycles. The van der Waals surface area contributed by atoms with Crippen LogP contribution in [0.3, 0.4) is 0 Å². The number of carbonyl (C=O) groups is 2. The van der Waals surface area contributed by atoms with Gasteiger partial charge in [0.15, 0.2) is 12.3 Å². The highest BCUT2D eigenvalue weighted by atomic mass is 19.1. The Kier molecular flexibility index (Phi) is 18.4. The van der Waals surface area contributed by atoms with Crippen LogP contribution in [0.4, 0.5) is 8.78 Å². The van der Waals surface area contributed by atoms with Crippen molar-refractivity contribution in [2.75, 3.05) is 13.2 Å². The van der Waals surface area contributed by atoms with E-state index in [9.17, 15) is 18.4 Å². The van der Waals surface area contributed by atoms with E-state index in [2.05, 4.69) is 13.8 Å². The Hall–Kier alpha value is -2.38. The molecule has 6 nitrogen and oxygen atoms in total. The third-order valence-electron chi connectivity index (χ3n) is 9.58. The summed E-state index contributed by atoms with van der Waals surface area (Å²) in [5, 5.41) is 0. The standard InChI is InChI=1S/C38H60F2O6/c1-3-5-7-9-11-13-35(39)37(41)45-33-19-15-29(16-20-33)27-43-31-23-25-32(26-24-31)44-28-30-17-21-34(22-18-30)46-38(42)36(40)14-12-10-8-6-4-2/h23-26,29-30,33-36H,3-22,27-28H2,1-2H3. The molecule has 2 fully saturated rings. The fourth-order valence-corrected chi connectivity index (χ4v) is 6.46. The number of rotatable bonds is 22. The third kappa shape index (κ3) is 15.0. The van der Waals surface area contributed by atoms with E-state index in [-0.39, 0.29) is 25.0 Å². The maximum Gasteiger partial charge on any atom is 0.340 e. The second-order valence-electron chi connectivity index (χ2n) is 13.6. The topological polar surface area (TPSA) is 71.1 Å². The van der Waals surface area contributed by atoms with E-state index in [1.54, 1.807) is 0 Å². The molecule has 262 valence electrons. The smallest absolute Gasteiger partial charge is 0.340 e. The zero-order valence-electron chi connectivity index (χ0n) is 28.5. The molecule has 1 aromatic rings. The van der Waals surface area contributed by atoms with E-state index < -0.39 is 24.3 Å². The van der Waals surface area contributed by atoms with Gasteiger partial charge in [0.1, 0.15) is 23.7 Å². The Bertz CT molecular complexity index is 879. The van der Waals surface area contributed by atoms with Crippen molar-refractivity contribution in [1.29, 1.82) is 0 Å².